The molecule has 3 N–H and O–H groups in total. The largest absolute Gasteiger partial charge is 0.365 e. The van der Waals surface area contributed by atoms with Gasteiger partial charge in [0, 0.05) is 17.3 Å². The zero-order valence-electron chi connectivity index (χ0n) is 14.1. The van der Waals surface area contributed by atoms with E-state index in [1.165, 1.54) is 6.07 Å². The molecule has 0 saturated carbocycles. The molecule has 8 heteroatoms. The SMILES string of the molecule is Cc1cc(C)n(NC(=O)c2cc(-c3ccccc3)on2)c(=O)c1C(N)=O. The molecule has 0 aliphatic carbocycles. The molecule has 8 nitrogen and oxygen atoms in total. The van der Waals surface area contributed by atoms with Crippen molar-refractivity contribution in [1.82, 2.24) is 9.83 Å². The number of rotatable bonds is 4. The van der Waals surface area contributed by atoms with Crippen LogP contribution in [0.5, 0.6) is 0 Å². The molecule has 0 fully saturated rings. The van der Waals surface area contributed by atoms with Gasteiger partial charge in [-0.2, -0.15) is 0 Å². The Balaban J connectivity index is 1.92. The Bertz CT molecular complexity index is 1050. The minimum atomic E-state index is -0.858. The first kappa shape index (κ1) is 17.2. The molecule has 0 radical (unpaired) electrons. The number of pyridine rings is 1. The van der Waals surface area contributed by atoms with E-state index >= 15 is 0 Å². The summed E-state index contributed by atoms with van der Waals surface area (Å²) in [4.78, 5) is 36.4. The number of benzene rings is 1. The van der Waals surface area contributed by atoms with E-state index in [9.17, 15) is 14.4 Å². The Hall–Kier alpha value is -3.68. The Morgan fingerprint density at radius 2 is 1.85 bits per heavy atom. The van der Waals surface area contributed by atoms with Gasteiger partial charge in [-0.05, 0) is 25.5 Å². The zero-order chi connectivity index (χ0) is 18.8. The third-order valence-corrected chi connectivity index (χ3v) is 3.85. The molecule has 0 aliphatic heterocycles. The van der Waals surface area contributed by atoms with Crippen LogP contribution in [0.3, 0.4) is 0 Å². The minimum Gasteiger partial charge on any atom is -0.365 e. The van der Waals surface area contributed by atoms with Gasteiger partial charge in [-0.1, -0.05) is 35.5 Å². The second-order valence-electron chi connectivity index (χ2n) is 5.73. The number of primary amides is 1. The maximum absolute atomic E-state index is 12.4. The quantitative estimate of drug-likeness (QED) is 0.739. The van der Waals surface area contributed by atoms with E-state index in [1.807, 2.05) is 30.3 Å². The number of amides is 2. The number of aromatic nitrogens is 2. The Labute approximate surface area is 148 Å². The van der Waals surface area contributed by atoms with E-state index < -0.39 is 17.4 Å². The van der Waals surface area contributed by atoms with Crippen molar-refractivity contribution >= 4 is 11.8 Å². The molecule has 0 saturated heterocycles. The lowest BCUT2D eigenvalue weighted by Crippen LogP contribution is -2.39. The van der Waals surface area contributed by atoms with Gasteiger partial charge in [-0.25, -0.2) is 4.68 Å². The van der Waals surface area contributed by atoms with E-state index in [0.717, 1.165) is 10.2 Å². The first-order chi connectivity index (χ1) is 12.4. The van der Waals surface area contributed by atoms with Gasteiger partial charge >= 0.3 is 0 Å². The van der Waals surface area contributed by atoms with Crippen molar-refractivity contribution in [1.29, 1.82) is 0 Å². The molecule has 3 rings (SSSR count). The highest BCUT2D eigenvalue weighted by Crippen LogP contribution is 2.19. The predicted molar refractivity (Wildman–Crippen MR) is 94.3 cm³/mol. The fourth-order valence-corrected chi connectivity index (χ4v) is 2.61. The van der Waals surface area contributed by atoms with Gasteiger partial charge in [-0.3, -0.25) is 19.8 Å². The molecular formula is C18H16N4O4. The highest BCUT2D eigenvalue weighted by Gasteiger charge is 2.19. The van der Waals surface area contributed by atoms with Crippen molar-refractivity contribution in [2.45, 2.75) is 13.8 Å². The van der Waals surface area contributed by atoms with Crippen molar-refractivity contribution in [2.24, 2.45) is 5.73 Å². The summed E-state index contributed by atoms with van der Waals surface area (Å²) in [6.07, 6.45) is 0. The van der Waals surface area contributed by atoms with Gasteiger partial charge in [-0.15, -0.1) is 0 Å². The highest BCUT2D eigenvalue weighted by molar-refractivity contribution is 5.99. The van der Waals surface area contributed by atoms with Crippen LogP contribution in [0.1, 0.15) is 32.1 Å². The summed E-state index contributed by atoms with van der Waals surface area (Å²) in [6, 6.07) is 12.2. The van der Waals surface area contributed by atoms with Crippen molar-refractivity contribution in [3.05, 3.63) is 75.3 Å². The first-order valence-electron chi connectivity index (χ1n) is 7.75. The van der Waals surface area contributed by atoms with E-state index in [0.29, 0.717) is 17.0 Å². The summed E-state index contributed by atoms with van der Waals surface area (Å²) in [5.41, 5.74) is 8.43. The summed E-state index contributed by atoms with van der Waals surface area (Å²) in [5.74, 6) is -1.09. The predicted octanol–water partition coefficient (Wildman–Crippen LogP) is 1.60. The van der Waals surface area contributed by atoms with Crippen LogP contribution in [-0.4, -0.2) is 21.6 Å². The lowest BCUT2D eigenvalue weighted by Gasteiger charge is -2.13. The van der Waals surface area contributed by atoms with Gasteiger partial charge in [0.05, 0.1) is 0 Å². The zero-order valence-corrected chi connectivity index (χ0v) is 14.1. The molecule has 0 aliphatic rings. The normalized spacial score (nSPS) is 10.5. The average Bonchev–Trinajstić information content (AvgIpc) is 3.09. The van der Waals surface area contributed by atoms with E-state index in [-0.39, 0.29) is 11.3 Å². The average molecular weight is 352 g/mol. The molecular weight excluding hydrogens is 336 g/mol. The summed E-state index contributed by atoms with van der Waals surface area (Å²) in [5, 5.41) is 3.73. The first-order valence-corrected chi connectivity index (χ1v) is 7.75. The summed E-state index contributed by atoms with van der Waals surface area (Å²) in [6.45, 7) is 3.22. The van der Waals surface area contributed by atoms with Crippen LogP contribution >= 0.6 is 0 Å². The maximum Gasteiger partial charge on any atom is 0.292 e. The fraction of sp³-hybridized carbons (Fsp3) is 0.111. The fourth-order valence-electron chi connectivity index (χ4n) is 2.61. The number of nitrogens with two attached hydrogens (primary N) is 1. The maximum atomic E-state index is 12.4. The number of carbonyl (C=O) groups excluding carboxylic acids is 2. The van der Waals surface area contributed by atoms with Crippen molar-refractivity contribution in [3.8, 4) is 11.3 Å². The summed E-state index contributed by atoms with van der Waals surface area (Å²) < 4.78 is 6.14. The third kappa shape index (κ3) is 3.12. The second kappa shape index (κ2) is 6.67. The minimum absolute atomic E-state index is 0.00338. The van der Waals surface area contributed by atoms with Gasteiger partial charge < -0.3 is 10.3 Å². The smallest absolute Gasteiger partial charge is 0.292 e. The number of nitrogens with zero attached hydrogens (tertiary/aromatic N) is 2. The number of aryl methyl sites for hydroxylation is 2. The van der Waals surface area contributed by atoms with Crippen LogP contribution in [-0.2, 0) is 0 Å². The van der Waals surface area contributed by atoms with E-state index in [2.05, 4.69) is 10.6 Å². The Morgan fingerprint density at radius 3 is 2.50 bits per heavy atom. The standard InChI is InChI=1S/C18H16N4O4/c1-10-8-11(2)22(18(25)15(10)16(19)23)20-17(24)13-9-14(26-21-13)12-6-4-3-5-7-12/h3-9H,1-2H3,(H2,19,23)(H,20,24). The van der Waals surface area contributed by atoms with Crippen LogP contribution in [0.2, 0.25) is 0 Å². The topological polar surface area (TPSA) is 120 Å². The lowest BCUT2D eigenvalue weighted by molar-refractivity contribution is 0.0983. The van der Waals surface area contributed by atoms with E-state index in [4.69, 9.17) is 10.3 Å². The number of carbonyl (C=O) groups is 2. The van der Waals surface area contributed by atoms with Crippen LogP contribution in [0, 0.1) is 13.8 Å². The molecule has 2 heterocycles. The number of hydrogen-bond donors (Lipinski definition) is 2. The van der Waals surface area contributed by atoms with Gasteiger partial charge in [0.2, 0.25) is 0 Å². The number of nitrogens with one attached hydrogen (secondary N) is 1. The van der Waals surface area contributed by atoms with Crippen LogP contribution in [0.15, 0.2) is 51.8 Å². The van der Waals surface area contributed by atoms with Crippen molar-refractivity contribution in [3.63, 3.8) is 0 Å². The molecule has 2 aromatic heterocycles. The molecule has 0 atom stereocenters. The van der Waals surface area contributed by atoms with Crippen LogP contribution < -0.4 is 16.7 Å². The Morgan fingerprint density at radius 1 is 1.15 bits per heavy atom. The van der Waals surface area contributed by atoms with Crippen molar-refractivity contribution in [2.75, 3.05) is 5.43 Å². The molecule has 2 amide bonds. The van der Waals surface area contributed by atoms with Crippen LogP contribution in [0.25, 0.3) is 11.3 Å². The second-order valence-corrected chi connectivity index (χ2v) is 5.73. The third-order valence-electron chi connectivity index (χ3n) is 3.85. The molecule has 132 valence electrons. The molecule has 3 aromatic rings. The van der Waals surface area contributed by atoms with Crippen molar-refractivity contribution < 1.29 is 14.1 Å². The Kier molecular flexibility index (Phi) is 4.40. The molecule has 0 bridgehead atoms. The van der Waals surface area contributed by atoms with Gasteiger partial charge in [0.15, 0.2) is 11.5 Å². The lowest BCUT2D eigenvalue weighted by atomic mass is 10.1. The number of hydrogen-bond acceptors (Lipinski definition) is 5. The monoisotopic (exact) mass is 352 g/mol. The molecule has 1 aromatic carbocycles. The van der Waals surface area contributed by atoms with Gasteiger partial charge in [0.25, 0.3) is 17.4 Å². The summed E-state index contributed by atoms with van der Waals surface area (Å²) in [7, 11) is 0. The molecule has 0 unspecified atom stereocenters. The summed E-state index contributed by atoms with van der Waals surface area (Å²) >= 11 is 0. The van der Waals surface area contributed by atoms with E-state index in [1.54, 1.807) is 19.9 Å². The highest BCUT2D eigenvalue weighted by atomic mass is 16.5. The van der Waals surface area contributed by atoms with Crippen LogP contribution in [0.4, 0.5) is 0 Å². The van der Waals surface area contributed by atoms with Gasteiger partial charge in [0.1, 0.15) is 5.56 Å². The molecule has 26 heavy (non-hydrogen) atoms. The molecule has 0 spiro atoms.